The highest BCUT2D eigenvalue weighted by Gasteiger charge is 2.26. The Morgan fingerprint density at radius 3 is 2.46 bits per heavy atom. The highest BCUT2D eigenvalue weighted by molar-refractivity contribution is 6.12. The van der Waals surface area contributed by atoms with Crippen LogP contribution in [-0.2, 0) is 11.2 Å². The van der Waals surface area contributed by atoms with Gasteiger partial charge in [-0.25, -0.2) is 4.79 Å². The van der Waals surface area contributed by atoms with Crippen LogP contribution in [0.2, 0.25) is 0 Å². The van der Waals surface area contributed by atoms with Gasteiger partial charge in [-0.3, -0.25) is 4.79 Å². The number of hydrogen-bond donors (Lipinski definition) is 0. The van der Waals surface area contributed by atoms with Crippen molar-refractivity contribution in [1.29, 1.82) is 5.26 Å². The lowest BCUT2D eigenvalue weighted by Crippen LogP contribution is -2.29. The molecule has 0 fully saturated rings. The Kier molecular flexibility index (Phi) is 6.98. The number of methoxy groups -OCH3 is 1. The molecule has 0 radical (unpaired) electrons. The number of nitrogens with zero attached hydrogens (tertiary/aromatic N) is 2. The first-order valence-corrected chi connectivity index (χ1v) is 11.4. The van der Waals surface area contributed by atoms with Crippen LogP contribution in [-0.4, -0.2) is 25.5 Å². The highest BCUT2D eigenvalue weighted by atomic mass is 16.6. The first kappa shape index (κ1) is 23.8. The van der Waals surface area contributed by atoms with E-state index in [1.54, 1.807) is 35.2 Å². The summed E-state index contributed by atoms with van der Waals surface area (Å²) in [5.41, 5.74) is 4.09. The zero-order chi connectivity index (χ0) is 24.9. The highest BCUT2D eigenvalue weighted by Crippen LogP contribution is 2.31. The van der Waals surface area contributed by atoms with E-state index in [4.69, 9.17) is 9.47 Å². The van der Waals surface area contributed by atoms with E-state index < -0.39 is 5.97 Å². The van der Waals surface area contributed by atoms with Gasteiger partial charge < -0.3 is 14.4 Å². The summed E-state index contributed by atoms with van der Waals surface area (Å²) in [7, 11) is 1.47. The fourth-order valence-corrected chi connectivity index (χ4v) is 4.02. The van der Waals surface area contributed by atoms with Gasteiger partial charge in [-0.15, -0.1) is 0 Å². The maximum absolute atomic E-state index is 13.1. The topological polar surface area (TPSA) is 79.6 Å². The summed E-state index contributed by atoms with van der Waals surface area (Å²) in [4.78, 5) is 27.3. The lowest BCUT2D eigenvalue weighted by Gasteiger charge is -2.16. The lowest BCUT2D eigenvalue weighted by molar-refractivity contribution is -0.114. The van der Waals surface area contributed by atoms with Crippen LogP contribution in [0.25, 0.3) is 6.08 Å². The third-order valence-electron chi connectivity index (χ3n) is 6.00. The van der Waals surface area contributed by atoms with Crippen molar-refractivity contribution in [2.75, 3.05) is 18.6 Å². The molecule has 1 aliphatic rings. The normalized spacial score (nSPS) is 12.8. The monoisotopic (exact) mass is 466 g/mol. The summed E-state index contributed by atoms with van der Waals surface area (Å²) in [5.74, 6) is 0.0912. The number of anilines is 1. The third kappa shape index (κ3) is 5.10. The predicted octanol–water partition coefficient (Wildman–Crippen LogP) is 5.53. The van der Waals surface area contributed by atoms with Crippen molar-refractivity contribution >= 4 is 23.6 Å². The Bertz CT molecular complexity index is 1330. The van der Waals surface area contributed by atoms with E-state index in [0.29, 0.717) is 29.3 Å². The number of carbonyl (C=O) groups is 2. The van der Waals surface area contributed by atoms with Crippen LogP contribution in [0.5, 0.6) is 11.5 Å². The fourth-order valence-electron chi connectivity index (χ4n) is 4.02. The smallest absolute Gasteiger partial charge is 0.343 e. The molecule has 6 nitrogen and oxygen atoms in total. The number of benzene rings is 3. The number of ether oxygens (including phenoxy) is 2. The molecule has 4 rings (SSSR count). The van der Waals surface area contributed by atoms with Gasteiger partial charge in [0.05, 0.1) is 12.7 Å². The molecule has 0 saturated heterocycles. The molecule has 0 bridgehead atoms. The molecule has 0 atom stereocenters. The second-order valence-electron chi connectivity index (χ2n) is 8.58. The van der Waals surface area contributed by atoms with E-state index in [2.05, 4.69) is 13.8 Å². The molecule has 0 unspecified atom stereocenters. The molecule has 3 aromatic carbocycles. The van der Waals surface area contributed by atoms with Gasteiger partial charge in [0, 0.05) is 12.2 Å². The molecular formula is C29H26N2O4. The largest absolute Gasteiger partial charge is 0.493 e. The van der Waals surface area contributed by atoms with Crippen LogP contribution in [0.1, 0.15) is 46.8 Å². The van der Waals surface area contributed by atoms with Gasteiger partial charge in [0.1, 0.15) is 11.6 Å². The van der Waals surface area contributed by atoms with E-state index in [1.807, 2.05) is 42.5 Å². The van der Waals surface area contributed by atoms with Crippen LogP contribution in [0.15, 0.2) is 72.3 Å². The summed E-state index contributed by atoms with van der Waals surface area (Å²) < 4.78 is 11.0. The van der Waals surface area contributed by atoms with Crippen molar-refractivity contribution in [1.82, 2.24) is 0 Å². The molecule has 0 spiro atoms. The van der Waals surface area contributed by atoms with Crippen LogP contribution >= 0.6 is 0 Å². The Balaban J connectivity index is 1.54. The van der Waals surface area contributed by atoms with E-state index >= 15 is 0 Å². The first-order chi connectivity index (χ1) is 16.9. The summed E-state index contributed by atoms with van der Waals surface area (Å²) >= 11 is 0. The molecule has 0 saturated carbocycles. The number of hydrogen-bond acceptors (Lipinski definition) is 5. The maximum Gasteiger partial charge on any atom is 0.343 e. The summed E-state index contributed by atoms with van der Waals surface area (Å²) in [6.45, 7) is 4.71. The Morgan fingerprint density at radius 1 is 1.03 bits per heavy atom. The van der Waals surface area contributed by atoms with Crippen molar-refractivity contribution < 1.29 is 19.1 Å². The quantitative estimate of drug-likeness (QED) is 0.206. The second-order valence-corrected chi connectivity index (χ2v) is 8.58. The molecule has 1 aliphatic heterocycles. The van der Waals surface area contributed by atoms with Gasteiger partial charge in [-0.05, 0) is 65.4 Å². The molecule has 1 amide bonds. The molecule has 0 N–H and O–H groups in total. The van der Waals surface area contributed by atoms with Crippen LogP contribution in [0.4, 0.5) is 5.69 Å². The Labute approximate surface area is 205 Å². The van der Waals surface area contributed by atoms with Gasteiger partial charge in [-0.1, -0.05) is 50.2 Å². The summed E-state index contributed by atoms with van der Waals surface area (Å²) in [5, 5.41) is 9.68. The molecule has 6 heteroatoms. The molecule has 35 heavy (non-hydrogen) atoms. The van der Waals surface area contributed by atoms with Crippen molar-refractivity contribution in [2.45, 2.75) is 26.2 Å². The van der Waals surface area contributed by atoms with Gasteiger partial charge >= 0.3 is 5.97 Å². The SMILES string of the molecule is COc1cc(/C=C(\C#N)C(=O)N2CCc3ccccc32)ccc1OC(=O)c1ccc(C(C)C)cc1. The average Bonchev–Trinajstić information content (AvgIpc) is 3.31. The maximum atomic E-state index is 13.1. The number of carbonyl (C=O) groups excluding carboxylic acids is 2. The second kappa shape index (κ2) is 10.3. The van der Waals surface area contributed by atoms with Gasteiger partial charge in [0.25, 0.3) is 5.91 Å². The Hall–Kier alpha value is -4.37. The van der Waals surface area contributed by atoms with Crippen LogP contribution in [0, 0.1) is 11.3 Å². The zero-order valence-corrected chi connectivity index (χ0v) is 19.9. The number of rotatable bonds is 6. The minimum absolute atomic E-state index is 0.0127. The first-order valence-electron chi connectivity index (χ1n) is 11.4. The Morgan fingerprint density at radius 2 is 1.77 bits per heavy atom. The van der Waals surface area contributed by atoms with Crippen LogP contribution < -0.4 is 14.4 Å². The van der Waals surface area contributed by atoms with Crippen molar-refractivity contribution in [3.05, 3.63) is 94.6 Å². The van der Waals surface area contributed by atoms with Crippen LogP contribution in [0.3, 0.4) is 0 Å². The van der Waals surface area contributed by atoms with E-state index in [1.165, 1.54) is 13.2 Å². The van der Waals surface area contributed by atoms with Gasteiger partial charge in [0.15, 0.2) is 11.5 Å². The molecule has 1 heterocycles. The summed E-state index contributed by atoms with van der Waals surface area (Å²) in [6.07, 6.45) is 2.27. The number of esters is 1. The minimum Gasteiger partial charge on any atom is -0.493 e. The molecular weight excluding hydrogens is 440 g/mol. The molecule has 0 aromatic heterocycles. The summed E-state index contributed by atoms with van der Waals surface area (Å²) in [6, 6.07) is 21.9. The van der Waals surface area contributed by atoms with E-state index in [0.717, 1.165) is 23.2 Å². The van der Waals surface area contributed by atoms with Gasteiger partial charge in [-0.2, -0.15) is 5.26 Å². The standard InChI is InChI=1S/C29H26N2O4/c1-19(2)21-9-11-23(12-10-21)29(33)35-26-13-8-20(17-27(26)34-3)16-24(18-30)28(32)31-15-14-22-6-4-5-7-25(22)31/h4-13,16-17,19H,14-15H2,1-3H3/b24-16+. The van der Waals surface area contributed by atoms with Crippen molar-refractivity contribution in [3.8, 4) is 17.6 Å². The lowest BCUT2D eigenvalue weighted by atomic mass is 10.0. The number of nitriles is 1. The molecule has 176 valence electrons. The van der Waals surface area contributed by atoms with Gasteiger partial charge in [0.2, 0.25) is 0 Å². The van der Waals surface area contributed by atoms with Crippen molar-refractivity contribution in [3.63, 3.8) is 0 Å². The average molecular weight is 467 g/mol. The van der Waals surface area contributed by atoms with E-state index in [-0.39, 0.29) is 17.2 Å². The third-order valence-corrected chi connectivity index (χ3v) is 6.00. The number of amides is 1. The number of para-hydroxylation sites is 1. The molecule has 3 aromatic rings. The fraction of sp³-hybridized carbons (Fsp3) is 0.207. The minimum atomic E-state index is -0.498. The number of fused-ring (bicyclic) bond motifs is 1. The van der Waals surface area contributed by atoms with E-state index in [9.17, 15) is 14.9 Å². The van der Waals surface area contributed by atoms with Crippen molar-refractivity contribution in [2.24, 2.45) is 0 Å². The molecule has 0 aliphatic carbocycles. The predicted molar refractivity (Wildman–Crippen MR) is 135 cm³/mol. The zero-order valence-electron chi connectivity index (χ0n) is 19.9.